The molecule has 1 unspecified atom stereocenters. The van der Waals surface area contributed by atoms with Crippen LogP contribution in [-0.4, -0.2) is 72.3 Å². The summed E-state index contributed by atoms with van der Waals surface area (Å²) in [6, 6.07) is 13.5. The standard InChI is InChI=1S/C42H50ClFN4O6S/c1-5-34-38-37-33(43)17-16-32-31(11-8-22-54-36-12-7-10-28-26-29(44)14-15-30(28)36)41(42(49)53-6-2)48(40(32)37)21-9-25-55(50,51)47(4)35(39(38)45-46(34)3)18-13-27-19-23-52-24-20-27/h7,10,12,14-17,26-27,35H,5-6,8-9,11,13,18-25H2,1-4H3. The smallest absolute Gasteiger partial charge is 0.355 e. The minimum absolute atomic E-state index is 0.101. The molecule has 0 N–H and O–H groups in total. The molecule has 294 valence electrons. The molecule has 2 aliphatic heterocycles. The van der Waals surface area contributed by atoms with Gasteiger partial charge in [0.25, 0.3) is 0 Å². The Morgan fingerprint density at radius 2 is 1.82 bits per heavy atom. The van der Waals surface area contributed by atoms with Crippen molar-refractivity contribution in [2.24, 2.45) is 13.0 Å². The van der Waals surface area contributed by atoms with Crippen LogP contribution < -0.4 is 4.74 Å². The van der Waals surface area contributed by atoms with Gasteiger partial charge in [-0.25, -0.2) is 17.6 Å². The number of hydrogen-bond donors (Lipinski definition) is 0. The van der Waals surface area contributed by atoms with E-state index in [2.05, 4.69) is 6.92 Å². The van der Waals surface area contributed by atoms with E-state index in [-0.39, 0.29) is 31.1 Å². The number of carbonyl (C=O) groups excluding carboxylic acids is 1. The molecule has 55 heavy (non-hydrogen) atoms. The normalized spacial score (nSPS) is 18.0. The highest BCUT2D eigenvalue weighted by molar-refractivity contribution is 7.89. The number of hydrogen-bond acceptors (Lipinski definition) is 7. The van der Waals surface area contributed by atoms with Gasteiger partial charge in [0.1, 0.15) is 17.3 Å². The van der Waals surface area contributed by atoms with Gasteiger partial charge in [-0.2, -0.15) is 9.40 Å². The van der Waals surface area contributed by atoms with Crippen molar-refractivity contribution in [3.05, 3.63) is 82.0 Å². The first-order valence-corrected chi connectivity index (χ1v) is 21.4. The third-order valence-electron chi connectivity index (χ3n) is 11.3. The molecule has 0 spiro atoms. The van der Waals surface area contributed by atoms with Crippen LogP contribution in [0, 0.1) is 11.7 Å². The quantitative estimate of drug-likeness (QED) is 0.0975. The van der Waals surface area contributed by atoms with E-state index in [0.717, 1.165) is 63.3 Å². The Hall–Kier alpha value is -3.97. The van der Waals surface area contributed by atoms with Crippen molar-refractivity contribution in [2.75, 3.05) is 39.2 Å². The van der Waals surface area contributed by atoms with Crippen molar-refractivity contribution in [1.82, 2.24) is 18.7 Å². The average molecular weight is 793 g/mol. The van der Waals surface area contributed by atoms with Crippen LogP contribution in [0.25, 0.3) is 32.8 Å². The Bertz CT molecular complexity index is 2320. The average Bonchev–Trinajstić information content (AvgIpc) is 3.66. The number of ether oxygens (including phenoxy) is 3. The summed E-state index contributed by atoms with van der Waals surface area (Å²) < 4.78 is 65.2. The van der Waals surface area contributed by atoms with Gasteiger partial charge < -0.3 is 18.8 Å². The number of carbonyl (C=O) groups is 1. The number of aromatic nitrogens is 3. The van der Waals surface area contributed by atoms with E-state index in [0.29, 0.717) is 73.6 Å². The van der Waals surface area contributed by atoms with E-state index in [4.69, 9.17) is 30.9 Å². The number of sulfonamides is 1. The molecule has 0 amide bonds. The SMILES string of the molecule is CCOC(=O)c1c(CCCOc2cccc3cc(F)ccc23)c2ccc(Cl)c3c2n1CCCS(=O)(=O)N(C)C(CCC1CCOCC1)c1nn(C)c(CC)c1-3. The molecule has 0 radical (unpaired) electrons. The molecule has 0 aliphatic carbocycles. The van der Waals surface area contributed by atoms with Crippen LogP contribution in [0.5, 0.6) is 5.75 Å². The molecule has 0 bridgehead atoms. The lowest BCUT2D eigenvalue weighted by atomic mass is 9.89. The molecule has 3 aromatic carbocycles. The summed E-state index contributed by atoms with van der Waals surface area (Å²) in [5.74, 6) is 0.211. The molecule has 2 aromatic heterocycles. The maximum Gasteiger partial charge on any atom is 0.355 e. The maximum absolute atomic E-state index is 14.2. The van der Waals surface area contributed by atoms with E-state index in [9.17, 15) is 17.6 Å². The Kier molecular flexibility index (Phi) is 11.9. The van der Waals surface area contributed by atoms with Gasteiger partial charge >= 0.3 is 5.97 Å². The van der Waals surface area contributed by atoms with Crippen molar-refractivity contribution in [2.45, 2.75) is 77.8 Å². The number of aryl methyl sites for hydroxylation is 3. The molecule has 7 rings (SSSR count). The number of nitrogens with zero attached hydrogens (tertiary/aromatic N) is 4. The highest BCUT2D eigenvalue weighted by atomic mass is 35.5. The van der Waals surface area contributed by atoms with Gasteiger partial charge in [0.2, 0.25) is 10.0 Å². The highest BCUT2D eigenvalue weighted by Gasteiger charge is 2.37. The Morgan fingerprint density at radius 1 is 1.04 bits per heavy atom. The van der Waals surface area contributed by atoms with Crippen LogP contribution in [0.1, 0.15) is 85.9 Å². The van der Waals surface area contributed by atoms with Gasteiger partial charge in [0.15, 0.2) is 0 Å². The van der Waals surface area contributed by atoms with E-state index in [1.54, 1.807) is 20.0 Å². The lowest BCUT2D eigenvalue weighted by molar-refractivity contribution is 0.0512. The van der Waals surface area contributed by atoms with Gasteiger partial charge in [0, 0.05) is 61.4 Å². The molecule has 5 aromatic rings. The zero-order valence-corrected chi connectivity index (χ0v) is 33.6. The van der Waals surface area contributed by atoms with Gasteiger partial charge in [-0.05, 0) is 105 Å². The largest absolute Gasteiger partial charge is 0.493 e. The van der Waals surface area contributed by atoms with Crippen molar-refractivity contribution in [1.29, 1.82) is 0 Å². The van der Waals surface area contributed by atoms with Crippen LogP contribution in [0.2, 0.25) is 5.02 Å². The molecule has 2 aliphatic rings. The van der Waals surface area contributed by atoms with E-state index in [1.807, 2.05) is 46.6 Å². The summed E-state index contributed by atoms with van der Waals surface area (Å²) in [5.41, 5.74) is 5.13. The second kappa shape index (κ2) is 16.6. The van der Waals surface area contributed by atoms with E-state index < -0.39 is 22.0 Å². The molecular weight excluding hydrogens is 743 g/mol. The van der Waals surface area contributed by atoms with Gasteiger partial charge in [-0.1, -0.05) is 36.7 Å². The Balaban J connectivity index is 1.36. The fourth-order valence-corrected chi connectivity index (χ4v) is 10.2. The molecule has 4 heterocycles. The summed E-state index contributed by atoms with van der Waals surface area (Å²) in [5, 5.41) is 8.02. The minimum Gasteiger partial charge on any atom is -0.493 e. The number of rotatable bonds is 11. The van der Waals surface area contributed by atoms with Gasteiger partial charge in [-0.3, -0.25) is 4.68 Å². The van der Waals surface area contributed by atoms with Crippen molar-refractivity contribution >= 4 is 49.3 Å². The van der Waals surface area contributed by atoms with E-state index >= 15 is 0 Å². The van der Waals surface area contributed by atoms with Crippen molar-refractivity contribution < 1.29 is 31.8 Å². The molecule has 0 saturated carbocycles. The van der Waals surface area contributed by atoms with Crippen LogP contribution in [0.4, 0.5) is 4.39 Å². The number of esters is 1. The number of fused-ring (bicyclic) bond motifs is 3. The lowest BCUT2D eigenvalue weighted by Gasteiger charge is -2.29. The molecule has 10 nitrogen and oxygen atoms in total. The zero-order chi connectivity index (χ0) is 38.9. The van der Waals surface area contributed by atoms with Crippen molar-refractivity contribution in [3.63, 3.8) is 0 Å². The summed E-state index contributed by atoms with van der Waals surface area (Å²) in [7, 11) is -0.162. The predicted molar refractivity (Wildman–Crippen MR) is 214 cm³/mol. The second-order valence-electron chi connectivity index (χ2n) is 14.6. The first-order valence-electron chi connectivity index (χ1n) is 19.4. The third-order valence-corrected chi connectivity index (χ3v) is 13.6. The zero-order valence-electron chi connectivity index (χ0n) is 32.1. The molecule has 1 atom stereocenters. The third kappa shape index (κ3) is 7.75. The van der Waals surface area contributed by atoms with Gasteiger partial charge in [0.05, 0.1) is 41.2 Å². The van der Waals surface area contributed by atoms with E-state index in [1.165, 1.54) is 16.4 Å². The Labute approximate surface area is 327 Å². The predicted octanol–water partition coefficient (Wildman–Crippen LogP) is 8.65. The number of halogens is 2. The maximum atomic E-state index is 14.2. The van der Waals surface area contributed by atoms with Gasteiger partial charge in [-0.15, -0.1) is 0 Å². The molecular formula is C42H50ClFN4O6S. The fraction of sp³-hybridized carbons (Fsp3) is 0.476. The number of benzene rings is 3. The monoisotopic (exact) mass is 792 g/mol. The van der Waals surface area contributed by atoms with Crippen LogP contribution in [-0.2, 0) is 45.9 Å². The van der Waals surface area contributed by atoms with Crippen LogP contribution in [0.15, 0.2) is 48.5 Å². The van der Waals surface area contributed by atoms with Crippen LogP contribution >= 0.6 is 11.6 Å². The summed E-state index contributed by atoms with van der Waals surface area (Å²) in [6.07, 6.45) is 5.29. The highest BCUT2D eigenvalue weighted by Crippen LogP contribution is 2.46. The lowest BCUT2D eigenvalue weighted by Crippen LogP contribution is -2.34. The summed E-state index contributed by atoms with van der Waals surface area (Å²) in [4.78, 5) is 14.0. The first kappa shape index (κ1) is 39.3. The van der Waals surface area contributed by atoms with Crippen LogP contribution in [0.3, 0.4) is 0 Å². The molecule has 1 fully saturated rings. The summed E-state index contributed by atoms with van der Waals surface area (Å²) in [6.45, 7) is 6.06. The topological polar surface area (TPSA) is 105 Å². The fourth-order valence-electron chi connectivity index (χ4n) is 8.58. The second-order valence-corrected chi connectivity index (χ2v) is 17.2. The minimum atomic E-state index is -3.74. The Morgan fingerprint density at radius 3 is 2.58 bits per heavy atom. The van der Waals surface area contributed by atoms with Crippen molar-refractivity contribution in [3.8, 4) is 16.9 Å². The first-order chi connectivity index (χ1) is 26.5. The molecule has 13 heteroatoms. The molecule has 1 saturated heterocycles. The summed E-state index contributed by atoms with van der Waals surface area (Å²) >= 11 is 7.27.